The maximum absolute atomic E-state index is 13.3. The SMILES string of the molecule is CCC(c1nc2ccccc2c(=O)n1CC)N1CCN(C(=O)c2ccc(C(C)(C)C)cc2)C(C)C1. The monoisotopic (exact) mass is 474 g/mol. The summed E-state index contributed by atoms with van der Waals surface area (Å²) in [6, 6.07) is 15.7. The fraction of sp³-hybridized carbons (Fsp3) is 0.483. The minimum atomic E-state index is 0.0205. The minimum Gasteiger partial charge on any atom is -0.333 e. The molecule has 186 valence electrons. The van der Waals surface area contributed by atoms with Crippen molar-refractivity contribution in [2.24, 2.45) is 0 Å². The molecule has 1 amide bonds. The Kier molecular flexibility index (Phi) is 7.13. The molecule has 2 atom stereocenters. The Morgan fingerprint density at radius 3 is 2.34 bits per heavy atom. The van der Waals surface area contributed by atoms with E-state index < -0.39 is 0 Å². The first-order valence-electron chi connectivity index (χ1n) is 12.8. The van der Waals surface area contributed by atoms with E-state index in [1.54, 1.807) is 0 Å². The van der Waals surface area contributed by atoms with Crippen LogP contribution in [0.15, 0.2) is 53.3 Å². The molecule has 1 aliphatic heterocycles. The normalized spacial score (nSPS) is 18.1. The number of aromatic nitrogens is 2. The highest BCUT2D eigenvalue weighted by atomic mass is 16.2. The Morgan fingerprint density at radius 1 is 1.06 bits per heavy atom. The van der Waals surface area contributed by atoms with Crippen molar-refractivity contribution < 1.29 is 4.79 Å². The van der Waals surface area contributed by atoms with Crippen LogP contribution in [0.3, 0.4) is 0 Å². The van der Waals surface area contributed by atoms with E-state index >= 15 is 0 Å². The predicted octanol–water partition coefficient (Wildman–Crippen LogP) is 5.01. The molecule has 1 aromatic heterocycles. The molecule has 0 N–H and O–H groups in total. The summed E-state index contributed by atoms with van der Waals surface area (Å²) in [5, 5.41) is 0.661. The molecule has 2 aromatic carbocycles. The number of hydrogen-bond donors (Lipinski definition) is 0. The second kappa shape index (κ2) is 9.94. The van der Waals surface area contributed by atoms with Crippen LogP contribution in [0.25, 0.3) is 10.9 Å². The number of para-hydroxylation sites is 1. The zero-order valence-electron chi connectivity index (χ0n) is 21.9. The molecule has 3 aromatic rings. The van der Waals surface area contributed by atoms with Crippen molar-refractivity contribution in [2.45, 2.75) is 72.0 Å². The van der Waals surface area contributed by atoms with Crippen LogP contribution in [0, 0.1) is 0 Å². The van der Waals surface area contributed by atoms with Crippen molar-refractivity contribution in [1.82, 2.24) is 19.4 Å². The van der Waals surface area contributed by atoms with Crippen LogP contribution in [-0.2, 0) is 12.0 Å². The van der Waals surface area contributed by atoms with E-state index in [1.807, 2.05) is 52.8 Å². The van der Waals surface area contributed by atoms with Crippen LogP contribution in [0.2, 0.25) is 0 Å². The molecular weight excluding hydrogens is 436 g/mol. The van der Waals surface area contributed by atoms with E-state index in [0.29, 0.717) is 18.5 Å². The Balaban J connectivity index is 1.56. The molecule has 0 bridgehead atoms. The van der Waals surface area contributed by atoms with Crippen molar-refractivity contribution in [2.75, 3.05) is 19.6 Å². The molecule has 1 fully saturated rings. The lowest BCUT2D eigenvalue weighted by Gasteiger charge is -2.43. The fourth-order valence-electron chi connectivity index (χ4n) is 5.20. The summed E-state index contributed by atoms with van der Waals surface area (Å²) in [6.07, 6.45) is 0.847. The van der Waals surface area contributed by atoms with Gasteiger partial charge in [0.05, 0.1) is 16.9 Å². The molecule has 1 aliphatic rings. The average Bonchev–Trinajstić information content (AvgIpc) is 2.84. The first-order chi connectivity index (χ1) is 16.7. The molecule has 0 spiro atoms. The molecule has 2 heterocycles. The van der Waals surface area contributed by atoms with Gasteiger partial charge in [-0.3, -0.25) is 19.1 Å². The molecule has 6 heteroatoms. The van der Waals surface area contributed by atoms with Crippen LogP contribution in [-0.4, -0.2) is 50.9 Å². The third-order valence-electron chi connectivity index (χ3n) is 7.25. The standard InChI is InChI=1S/C29H38N4O2/c1-7-25(26-30-24-12-10-9-11-23(24)28(35)32(26)8-2)31-17-18-33(20(3)19-31)27(34)21-13-15-22(16-14-21)29(4,5)6/h9-16,20,25H,7-8,17-19H2,1-6H3. The summed E-state index contributed by atoms with van der Waals surface area (Å²) in [4.78, 5) is 35.8. The van der Waals surface area contributed by atoms with Gasteiger partial charge in [0.1, 0.15) is 5.82 Å². The Bertz CT molecular complexity index is 1260. The highest BCUT2D eigenvalue weighted by molar-refractivity contribution is 5.94. The maximum atomic E-state index is 13.3. The third-order valence-corrected chi connectivity index (χ3v) is 7.25. The second-order valence-electron chi connectivity index (χ2n) is 10.6. The van der Waals surface area contributed by atoms with Crippen molar-refractivity contribution >= 4 is 16.8 Å². The van der Waals surface area contributed by atoms with Crippen LogP contribution in [0.4, 0.5) is 0 Å². The van der Waals surface area contributed by atoms with Gasteiger partial charge in [-0.15, -0.1) is 0 Å². The highest BCUT2D eigenvalue weighted by Crippen LogP contribution is 2.28. The number of amides is 1. The maximum Gasteiger partial charge on any atom is 0.261 e. The molecule has 1 saturated heterocycles. The topological polar surface area (TPSA) is 58.4 Å². The molecule has 6 nitrogen and oxygen atoms in total. The smallest absolute Gasteiger partial charge is 0.261 e. The van der Waals surface area contributed by atoms with Gasteiger partial charge < -0.3 is 4.90 Å². The lowest BCUT2D eigenvalue weighted by atomic mass is 9.86. The van der Waals surface area contributed by atoms with Crippen molar-refractivity contribution in [1.29, 1.82) is 0 Å². The lowest BCUT2D eigenvalue weighted by molar-refractivity contribution is 0.0361. The molecule has 0 saturated carbocycles. The van der Waals surface area contributed by atoms with Crippen LogP contribution >= 0.6 is 0 Å². The first-order valence-corrected chi connectivity index (χ1v) is 12.8. The molecule has 0 aliphatic carbocycles. The lowest BCUT2D eigenvalue weighted by Crippen LogP contribution is -2.55. The van der Waals surface area contributed by atoms with Crippen molar-refractivity contribution in [3.05, 3.63) is 75.8 Å². The van der Waals surface area contributed by atoms with E-state index in [9.17, 15) is 9.59 Å². The average molecular weight is 475 g/mol. The summed E-state index contributed by atoms with van der Waals surface area (Å²) in [7, 11) is 0. The van der Waals surface area contributed by atoms with E-state index in [4.69, 9.17) is 4.98 Å². The van der Waals surface area contributed by atoms with Crippen LogP contribution in [0.5, 0.6) is 0 Å². The Hall–Kier alpha value is -2.99. The summed E-state index contributed by atoms with van der Waals surface area (Å²) in [5.74, 6) is 0.906. The van der Waals surface area contributed by atoms with Gasteiger partial charge in [0.25, 0.3) is 11.5 Å². The third kappa shape index (κ3) is 4.90. The number of carbonyl (C=O) groups is 1. The van der Waals surface area contributed by atoms with Gasteiger partial charge in [-0.2, -0.15) is 0 Å². The number of nitrogens with zero attached hydrogens (tertiary/aromatic N) is 4. The quantitative estimate of drug-likeness (QED) is 0.522. The molecule has 0 radical (unpaired) electrons. The van der Waals surface area contributed by atoms with Gasteiger partial charge in [0, 0.05) is 37.8 Å². The predicted molar refractivity (Wildman–Crippen MR) is 142 cm³/mol. The van der Waals surface area contributed by atoms with Gasteiger partial charge in [0.15, 0.2) is 0 Å². The van der Waals surface area contributed by atoms with Gasteiger partial charge in [0.2, 0.25) is 0 Å². The van der Waals surface area contributed by atoms with Crippen molar-refractivity contribution in [3.8, 4) is 0 Å². The number of fused-ring (bicyclic) bond motifs is 1. The minimum absolute atomic E-state index is 0.0205. The van der Waals surface area contributed by atoms with Gasteiger partial charge >= 0.3 is 0 Å². The molecule has 35 heavy (non-hydrogen) atoms. The molecular formula is C29H38N4O2. The zero-order chi connectivity index (χ0) is 25.3. The Labute approximate surface area is 208 Å². The van der Waals surface area contributed by atoms with E-state index in [1.165, 1.54) is 5.56 Å². The van der Waals surface area contributed by atoms with E-state index in [0.717, 1.165) is 36.4 Å². The van der Waals surface area contributed by atoms with E-state index in [-0.39, 0.29) is 29.0 Å². The summed E-state index contributed by atoms with van der Waals surface area (Å²) in [6.45, 7) is 15.5. The largest absolute Gasteiger partial charge is 0.333 e. The number of piperazine rings is 1. The van der Waals surface area contributed by atoms with E-state index in [2.05, 4.69) is 51.7 Å². The number of hydrogen-bond acceptors (Lipinski definition) is 4. The molecule has 4 rings (SSSR count). The number of carbonyl (C=O) groups excluding carboxylic acids is 1. The first kappa shape index (κ1) is 25.1. The van der Waals surface area contributed by atoms with Gasteiger partial charge in [-0.1, -0.05) is 52.0 Å². The van der Waals surface area contributed by atoms with Gasteiger partial charge in [-0.25, -0.2) is 4.98 Å². The number of benzene rings is 2. The summed E-state index contributed by atoms with van der Waals surface area (Å²) in [5.41, 5.74) is 2.79. The van der Waals surface area contributed by atoms with Crippen molar-refractivity contribution in [3.63, 3.8) is 0 Å². The Morgan fingerprint density at radius 2 is 1.74 bits per heavy atom. The van der Waals surface area contributed by atoms with Crippen LogP contribution < -0.4 is 5.56 Å². The van der Waals surface area contributed by atoms with Gasteiger partial charge in [-0.05, 0) is 55.5 Å². The summed E-state index contributed by atoms with van der Waals surface area (Å²) >= 11 is 0. The molecule has 2 unspecified atom stereocenters. The zero-order valence-corrected chi connectivity index (χ0v) is 21.9. The highest BCUT2D eigenvalue weighted by Gasteiger charge is 2.33. The fourth-order valence-corrected chi connectivity index (χ4v) is 5.20. The summed E-state index contributed by atoms with van der Waals surface area (Å²) < 4.78 is 1.81. The number of rotatable bonds is 5. The van der Waals surface area contributed by atoms with Crippen LogP contribution in [0.1, 0.15) is 75.8 Å². The second-order valence-corrected chi connectivity index (χ2v) is 10.6.